The fourth-order valence-electron chi connectivity index (χ4n) is 1.43. The molecule has 4 nitrogen and oxygen atoms in total. The van der Waals surface area contributed by atoms with Gasteiger partial charge in [-0.25, -0.2) is 9.18 Å². The lowest BCUT2D eigenvalue weighted by molar-refractivity contribution is -0.137. The SMILES string of the molecule is C=C(F)CN(C(=C)C(=O)OC)C(=O)c1ccccc1. The number of benzene rings is 1. The van der Waals surface area contributed by atoms with Crippen molar-refractivity contribution >= 4 is 11.9 Å². The molecule has 0 bridgehead atoms. The predicted molar refractivity (Wildman–Crippen MR) is 68.9 cm³/mol. The maximum Gasteiger partial charge on any atom is 0.354 e. The lowest BCUT2D eigenvalue weighted by Crippen LogP contribution is -2.34. The summed E-state index contributed by atoms with van der Waals surface area (Å²) in [5.41, 5.74) is 0.0731. The van der Waals surface area contributed by atoms with Crippen LogP contribution in [-0.4, -0.2) is 30.4 Å². The summed E-state index contributed by atoms with van der Waals surface area (Å²) in [5.74, 6) is -2.10. The summed E-state index contributed by atoms with van der Waals surface area (Å²) in [4.78, 5) is 24.5. The van der Waals surface area contributed by atoms with Gasteiger partial charge in [0, 0.05) is 5.56 Å². The summed E-state index contributed by atoms with van der Waals surface area (Å²) in [6.07, 6.45) is 0. The molecule has 0 saturated heterocycles. The topological polar surface area (TPSA) is 46.6 Å². The lowest BCUT2D eigenvalue weighted by atomic mass is 10.2. The third kappa shape index (κ3) is 3.77. The second kappa shape index (κ2) is 6.49. The van der Waals surface area contributed by atoms with E-state index in [0.29, 0.717) is 5.56 Å². The molecule has 1 amide bonds. The first-order chi connectivity index (χ1) is 8.97. The normalized spacial score (nSPS) is 9.58. The van der Waals surface area contributed by atoms with Crippen LogP contribution >= 0.6 is 0 Å². The van der Waals surface area contributed by atoms with Crippen LogP contribution < -0.4 is 0 Å². The maximum atomic E-state index is 13.0. The fraction of sp³-hybridized carbons (Fsp3) is 0.143. The third-order valence-corrected chi connectivity index (χ3v) is 2.34. The Balaban J connectivity index is 3.04. The summed E-state index contributed by atoms with van der Waals surface area (Å²) in [5, 5.41) is 0. The van der Waals surface area contributed by atoms with E-state index in [1.165, 1.54) is 0 Å². The first-order valence-electron chi connectivity index (χ1n) is 5.44. The standard InChI is InChI=1S/C14H14FNO3/c1-10(15)9-16(11(2)14(18)19-3)13(17)12-7-5-4-6-8-12/h4-8H,1-2,9H2,3H3. The second-order valence-electron chi connectivity index (χ2n) is 3.71. The molecule has 100 valence electrons. The molecule has 0 unspecified atom stereocenters. The molecule has 0 aliphatic heterocycles. The lowest BCUT2D eigenvalue weighted by Gasteiger charge is -2.22. The highest BCUT2D eigenvalue weighted by Gasteiger charge is 2.24. The van der Waals surface area contributed by atoms with Gasteiger partial charge in [0.1, 0.15) is 11.5 Å². The molecule has 0 spiro atoms. The largest absolute Gasteiger partial charge is 0.464 e. The molecule has 0 aliphatic carbocycles. The van der Waals surface area contributed by atoms with Crippen molar-refractivity contribution in [2.24, 2.45) is 0 Å². The monoisotopic (exact) mass is 263 g/mol. The molecule has 1 aromatic rings. The van der Waals surface area contributed by atoms with Crippen molar-refractivity contribution in [1.29, 1.82) is 0 Å². The van der Waals surface area contributed by atoms with Crippen molar-refractivity contribution in [2.45, 2.75) is 0 Å². The minimum absolute atomic E-state index is 0.241. The fourth-order valence-corrected chi connectivity index (χ4v) is 1.43. The number of nitrogens with zero attached hydrogens (tertiary/aromatic N) is 1. The number of hydrogen-bond donors (Lipinski definition) is 0. The number of rotatable bonds is 5. The zero-order valence-electron chi connectivity index (χ0n) is 10.6. The average molecular weight is 263 g/mol. The van der Waals surface area contributed by atoms with Crippen LogP contribution in [0.5, 0.6) is 0 Å². The zero-order valence-corrected chi connectivity index (χ0v) is 10.6. The van der Waals surface area contributed by atoms with Crippen LogP contribution in [0.3, 0.4) is 0 Å². The van der Waals surface area contributed by atoms with Gasteiger partial charge in [-0.1, -0.05) is 31.4 Å². The highest BCUT2D eigenvalue weighted by molar-refractivity contribution is 6.00. The first-order valence-corrected chi connectivity index (χ1v) is 5.44. The van der Waals surface area contributed by atoms with Crippen molar-refractivity contribution in [1.82, 2.24) is 4.90 Å². The van der Waals surface area contributed by atoms with Crippen LogP contribution in [0.25, 0.3) is 0 Å². The van der Waals surface area contributed by atoms with Crippen LogP contribution in [0.2, 0.25) is 0 Å². The van der Waals surface area contributed by atoms with Crippen molar-refractivity contribution < 1.29 is 18.7 Å². The van der Waals surface area contributed by atoms with Crippen LogP contribution in [0.1, 0.15) is 10.4 Å². The number of amides is 1. The highest BCUT2D eigenvalue weighted by atomic mass is 19.1. The molecular weight excluding hydrogens is 249 g/mol. The summed E-state index contributed by atoms with van der Waals surface area (Å²) in [6, 6.07) is 8.18. The Morgan fingerprint density at radius 2 is 1.84 bits per heavy atom. The van der Waals surface area contributed by atoms with E-state index in [1.807, 2.05) is 0 Å². The van der Waals surface area contributed by atoms with Crippen molar-refractivity contribution in [2.75, 3.05) is 13.7 Å². The molecule has 0 aromatic heterocycles. The van der Waals surface area contributed by atoms with Crippen LogP contribution in [0.4, 0.5) is 4.39 Å². The molecule has 0 aliphatic rings. The van der Waals surface area contributed by atoms with Gasteiger partial charge in [-0.3, -0.25) is 9.69 Å². The average Bonchev–Trinajstić information content (AvgIpc) is 2.43. The molecule has 0 fully saturated rings. The van der Waals surface area contributed by atoms with E-state index in [0.717, 1.165) is 12.0 Å². The molecule has 0 heterocycles. The molecule has 0 N–H and O–H groups in total. The van der Waals surface area contributed by atoms with Gasteiger partial charge in [-0.15, -0.1) is 0 Å². The minimum Gasteiger partial charge on any atom is -0.464 e. The number of esters is 1. The molecule has 0 radical (unpaired) electrons. The molecular formula is C14H14FNO3. The van der Waals surface area contributed by atoms with Gasteiger partial charge in [0.15, 0.2) is 0 Å². The van der Waals surface area contributed by atoms with Gasteiger partial charge in [0.25, 0.3) is 5.91 Å². The molecule has 1 aromatic carbocycles. The van der Waals surface area contributed by atoms with Gasteiger partial charge in [0.2, 0.25) is 0 Å². The van der Waals surface area contributed by atoms with Crippen molar-refractivity contribution in [3.8, 4) is 0 Å². The van der Waals surface area contributed by atoms with E-state index in [-0.39, 0.29) is 5.70 Å². The summed E-state index contributed by atoms with van der Waals surface area (Å²) in [7, 11) is 1.16. The Bertz CT molecular complexity index is 511. The van der Waals surface area contributed by atoms with Crippen molar-refractivity contribution in [3.63, 3.8) is 0 Å². The zero-order chi connectivity index (χ0) is 14.4. The Hall–Kier alpha value is -2.43. The Morgan fingerprint density at radius 1 is 1.26 bits per heavy atom. The second-order valence-corrected chi connectivity index (χ2v) is 3.71. The van der Waals surface area contributed by atoms with Crippen LogP contribution in [0, 0.1) is 0 Å². The van der Waals surface area contributed by atoms with Gasteiger partial charge < -0.3 is 4.74 Å². The number of halogens is 1. The smallest absolute Gasteiger partial charge is 0.354 e. The minimum atomic E-state index is -0.800. The first kappa shape index (κ1) is 14.6. The van der Waals surface area contributed by atoms with E-state index in [4.69, 9.17) is 0 Å². The van der Waals surface area contributed by atoms with Crippen LogP contribution in [-0.2, 0) is 9.53 Å². The van der Waals surface area contributed by atoms with Gasteiger partial charge in [0.05, 0.1) is 13.7 Å². The Kier molecular flexibility index (Phi) is 5.00. The molecule has 1 rings (SSSR count). The van der Waals surface area contributed by atoms with Gasteiger partial charge in [-0.2, -0.15) is 0 Å². The number of carbonyl (C=O) groups is 2. The Morgan fingerprint density at radius 3 is 2.32 bits per heavy atom. The number of methoxy groups -OCH3 is 1. The summed E-state index contributed by atoms with van der Waals surface area (Å²) < 4.78 is 17.4. The highest BCUT2D eigenvalue weighted by Crippen LogP contribution is 2.13. The maximum absolute atomic E-state index is 13.0. The molecule has 0 saturated carbocycles. The van der Waals surface area contributed by atoms with Crippen LogP contribution in [0.15, 0.2) is 55.0 Å². The van der Waals surface area contributed by atoms with Crippen molar-refractivity contribution in [3.05, 3.63) is 60.6 Å². The van der Waals surface area contributed by atoms with E-state index in [1.54, 1.807) is 30.3 Å². The summed E-state index contributed by atoms with van der Waals surface area (Å²) >= 11 is 0. The summed E-state index contributed by atoms with van der Waals surface area (Å²) in [6.45, 7) is 6.09. The molecule has 19 heavy (non-hydrogen) atoms. The predicted octanol–water partition coefficient (Wildman–Crippen LogP) is 2.30. The molecule has 5 heteroatoms. The van der Waals surface area contributed by atoms with E-state index in [9.17, 15) is 14.0 Å². The third-order valence-electron chi connectivity index (χ3n) is 2.34. The molecule has 0 atom stereocenters. The number of carbonyl (C=O) groups excluding carboxylic acids is 2. The Labute approximate surface area is 110 Å². The number of ether oxygens (including phenoxy) is 1. The van der Waals surface area contributed by atoms with Gasteiger partial charge >= 0.3 is 5.97 Å². The van der Waals surface area contributed by atoms with E-state index in [2.05, 4.69) is 17.9 Å². The quantitative estimate of drug-likeness (QED) is 0.605. The number of hydrogen-bond acceptors (Lipinski definition) is 3. The van der Waals surface area contributed by atoms with Gasteiger partial charge in [-0.05, 0) is 12.1 Å². The van der Waals surface area contributed by atoms with E-state index >= 15 is 0 Å². The van der Waals surface area contributed by atoms with E-state index < -0.39 is 24.2 Å².